The smallest absolute Gasteiger partial charge is 0.248 e. The van der Waals surface area contributed by atoms with E-state index in [1.54, 1.807) is 24.3 Å². The van der Waals surface area contributed by atoms with Crippen molar-refractivity contribution in [2.45, 2.75) is 38.1 Å². The molecule has 0 unspecified atom stereocenters. The molecule has 146 valence electrons. The molecule has 0 atom stereocenters. The lowest BCUT2D eigenvalue weighted by atomic mass is 9.95. The van der Waals surface area contributed by atoms with Crippen LogP contribution < -0.4 is 11.1 Å². The Morgan fingerprint density at radius 2 is 1.93 bits per heavy atom. The molecule has 0 bridgehead atoms. The molecule has 0 aliphatic heterocycles. The average Bonchev–Trinajstić information content (AvgIpc) is 3.17. The van der Waals surface area contributed by atoms with Crippen molar-refractivity contribution in [3.05, 3.63) is 36.2 Å². The van der Waals surface area contributed by atoms with Gasteiger partial charge in [-0.25, -0.2) is 15.0 Å². The molecule has 8 nitrogen and oxygen atoms in total. The average molecular weight is 380 g/mol. The first kappa shape index (κ1) is 18.4. The third-order valence-corrected chi connectivity index (χ3v) is 5.22. The van der Waals surface area contributed by atoms with E-state index in [2.05, 4.69) is 19.9 Å². The van der Waals surface area contributed by atoms with Gasteiger partial charge in [-0.05, 0) is 25.0 Å². The van der Waals surface area contributed by atoms with Gasteiger partial charge in [-0.3, -0.25) is 4.79 Å². The summed E-state index contributed by atoms with van der Waals surface area (Å²) in [7, 11) is 0. The highest BCUT2D eigenvalue weighted by molar-refractivity contribution is 5.93. The second-order valence-corrected chi connectivity index (χ2v) is 7.10. The largest absolute Gasteiger partial charge is 0.395 e. The summed E-state index contributed by atoms with van der Waals surface area (Å²) in [6, 6.07) is 7.32. The zero-order chi connectivity index (χ0) is 19.5. The van der Waals surface area contributed by atoms with Crippen molar-refractivity contribution in [3.8, 4) is 11.4 Å². The summed E-state index contributed by atoms with van der Waals surface area (Å²) in [5.41, 5.74) is 8.05. The molecule has 1 fully saturated rings. The van der Waals surface area contributed by atoms with E-state index in [1.165, 1.54) is 19.3 Å². The second-order valence-electron chi connectivity index (χ2n) is 7.10. The summed E-state index contributed by atoms with van der Waals surface area (Å²) < 4.78 is 2.15. The number of fused-ring (bicyclic) bond motifs is 1. The maximum atomic E-state index is 11.3. The summed E-state index contributed by atoms with van der Waals surface area (Å²) in [5, 5.41) is 12.3. The van der Waals surface area contributed by atoms with E-state index in [-0.39, 0.29) is 6.61 Å². The lowest BCUT2D eigenvalue weighted by molar-refractivity contribution is 0.100. The topological polar surface area (TPSA) is 119 Å². The first-order chi connectivity index (χ1) is 13.7. The number of aliphatic hydroxyl groups excluding tert-OH is 1. The monoisotopic (exact) mass is 380 g/mol. The van der Waals surface area contributed by atoms with Crippen LogP contribution in [0.4, 0.5) is 5.82 Å². The Labute approximate surface area is 162 Å². The third-order valence-electron chi connectivity index (χ3n) is 5.22. The van der Waals surface area contributed by atoms with Crippen molar-refractivity contribution >= 4 is 22.9 Å². The molecule has 4 N–H and O–H groups in total. The van der Waals surface area contributed by atoms with Crippen molar-refractivity contribution in [1.29, 1.82) is 0 Å². The molecule has 2 aromatic heterocycles. The number of rotatable bonds is 6. The van der Waals surface area contributed by atoms with Crippen LogP contribution in [0.15, 0.2) is 30.6 Å². The first-order valence-corrected chi connectivity index (χ1v) is 9.67. The maximum absolute atomic E-state index is 11.3. The minimum Gasteiger partial charge on any atom is -0.395 e. The third kappa shape index (κ3) is 3.55. The van der Waals surface area contributed by atoms with Gasteiger partial charge in [0.2, 0.25) is 5.91 Å². The maximum Gasteiger partial charge on any atom is 0.248 e. The molecule has 1 aliphatic rings. The zero-order valence-corrected chi connectivity index (χ0v) is 15.6. The van der Waals surface area contributed by atoms with Gasteiger partial charge in [0.15, 0.2) is 17.3 Å². The Hall–Kier alpha value is -3.00. The van der Waals surface area contributed by atoms with Gasteiger partial charge in [-0.1, -0.05) is 31.4 Å². The highest BCUT2D eigenvalue weighted by atomic mass is 16.3. The highest BCUT2D eigenvalue weighted by Gasteiger charge is 2.21. The lowest BCUT2D eigenvalue weighted by Crippen LogP contribution is -2.13. The molecular weight excluding hydrogens is 356 g/mol. The van der Waals surface area contributed by atoms with Crippen LogP contribution in [0.3, 0.4) is 0 Å². The summed E-state index contributed by atoms with van der Waals surface area (Å²) in [6.07, 6.45) is 7.80. The minimum atomic E-state index is -0.469. The molecule has 8 heteroatoms. The highest BCUT2D eigenvalue weighted by Crippen LogP contribution is 2.32. The minimum absolute atomic E-state index is 0.00251. The fourth-order valence-electron chi connectivity index (χ4n) is 3.75. The van der Waals surface area contributed by atoms with Crippen molar-refractivity contribution in [3.63, 3.8) is 0 Å². The number of nitrogens with two attached hydrogens (primary N) is 1. The van der Waals surface area contributed by atoms with Crippen LogP contribution in [0.5, 0.6) is 0 Å². The van der Waals surface area contributed by atoms with E-state index in [9.17, 15) is 9.90 Å². The lowest BCUT2D eigenvalue weighted by Gasteiger charge is -2.23. The molecule has 1 amide bonds. The number of primary amides is 1. The van der Waals surface area contributed by atoms with E-state index < -0.39 is 5.91 Å². The van der Waals surface area contributed by atoms with E-state index in [4.69, 9.17) is 10.7 Å². The Morgan fingerprint density at radius 3 is 2.61 bits per heavy atom. The molecule has 0 saturated heterocycles. The van der Waals surface area contributed by atoms with E-state index in [0.717, 1.165) is 24.1 Å². The van der Waals surface area contributed by atoms with Crippen LogP contribution in [0.2, 0.25) is 0 Å². The Bertz CT molecular complexity index is 976. The predicted octanol–water partition coefficient (Wildman–Crippen LogP) is 2.50. The summed E-state index contributed by atoms with van der Waals surface area (Å²) in [4.78, 5) is 25.3. The second kappa shape index (κ2) is 7.93. The fraction of sp³-hybridized carbons (Fsp3) is 0.400. The Kier molecular flexibility index (Phi) is 5.21. The van der Waals surface area contributed by atoms with E-state index >= 15 is 0 Å². The van der Waals surface area contributed by atoms with Crippen molar-refractivity contribution in [2.75, 3.05) is 18.5 Å². The number of amides is 1. The molecular formula is C20H24N6O2. The van der Waals surface area contributed by atoms with Crippen LogP contribution in [0, 0.1) is 0 Å². The molecule has 1 aliphatic carbocycles. The van der Waals surface area contributed by atoms with Crippen molar-refractivity contribution in [2.24, 2.45) is 5.73 Å². The van der Waals surface area contributed by atoms with Gasteiger partial charge in [-0.2, -0.15) is 0 Å². The number of hydrogen-bond acceptors (Lipinski definition) is 6. The van der Waals surface area contributed by atoms with Gasteiger partial charge in [-0.15, -0.1) is 0 Å². The first-order valence-electron chi connectivity index (χ1n) is 9.67. The number of aliphatic hydroxyl groups is 1. The Morgan fingerprint density at radius 1 is 1.18 bits per heavy atom. The SMILES string of the molecule is NC(=O)c1ccc(-c2nc(NCCO)c3ncn(C4CCCCC4)c3n2)cc1. The standard InChI is InChI=1S/C20H24N6O2/c21-17(28)13-6-8-14(9-7-13)18-24-19(22-10-11-27)16-20(25-18)26(12-23-16)15-4-2-1-3-5-15/h6-9,12,15,27H,1-5,10-11H2,(H2,21,28)(H,22,24,25). The molecule has 1 aromatic carbocycles. The molecule has 0 spiro atoms. The number of carbonyl (C=O) groups excluding carboxylic acids is 1. The number of nitrogens with one attached hydrogen (secondary N) is 1. The van der Waals surface area contributed by atoms with E-state index in [0.29, 0.717) is 35.3 Å². The van der Waals surface area contributed by atoms with Gasteiger partial charge < -0.3 is 20.7 Å². The number of imidazole rings is 1. The van der Waals surface area contributed by atoms with Crippen LogP contribution in [-0.4, -0.2) is 43.7 Å². The van der Waals surface area contributed by atoms with Crippen LogP contribution in [0.25, 0.3) is 22.6 Å². The van der Waals surface area contributed by atoms with Gasteiger partial charge >= 0.3 is 0 Å². The van der Waals surface area contributed by atoms with Gasteiger partial charge in [0.1, 0.15) is 5.52 Å². The normalized spacial score (nSPS) is 15.0. The van der Waals surface area contributed by atoms with Crippen LogP contribution in [-0.2, 0) is 0 Å². The summed E-state index contributed by atoms with van der Waals surface area (Å²) >= 11 is 0. The number of nitrogens with zero attached hydrogens (tertiary/aromatic N) is 4. The fourth-order valence-corrected chi connectivity index (χ4v) is 3.75. The zero-order valence-electron chi connectivity index (χ0n) is 15.6. The van der Waals surface area contributed by atoms with Crippen molar-refractivity contribution in [1.82, 2.24) is 19.5 Å². The van der Waals surface area contributed by atoms with Gasteiger partial charge in [0.05, 0.1) is 12.9 Å². The summed E-state index contributed by atoms with van der Waals surface area (Å²) in [6.45, 7) is 0.375. The van der Waals surface area contributed by atoms with Gasteiger partial charge in [0.25, 0.3) is 0 Å². The predicted molar refractivity (Wildman–Crippen MR) is 107 cm³/mol. The molecule has 3 aromatic rings. The van der Waals surface area contributed by atoms with Crippen LogP contribution in [0.1, 0.15) is 48.5 Å². The van der Waals surface area contributed by atoms with E-state index in [1.807, 2.05) is 6.33 Å². The number of benzene rings is 1. The summed E-state index contributed by atoms with van der Waals surface area (Å²) in [5.74, 6) is 0.674. The Balaban J connectivity index is 1.80. The molecule has 2 heterocycles. The number of carbonyl (C=O) groups is 1. The van der Waals surface area contributed by atoms with Gasteiger partial charge in [0, 0.05) is 23.7 Å². The number of anilines is 1. The quantitative estimate of drug-likeness (QED) is 0.604. The van der Waals surface area contributed by atoms with Crippen LogP contribution >= 0.6 is 0 Å². The molecule has 1 saturated carbocycles. The number of aromatic nitrogens is 4. The molecule has 0 radical (unpaired) electrons. The number of hydrogen-bond donors (Lipinski definition) is 3. The van der Waals surface area contributed by atoms with Crippen molar-refractivity contribution < 1.29 is 9.90 Å². The molecule has 28 heavy (non-hydrogen) atoms. The molecule has 4 rings (SSSR count).